The highest BCUT2D eigenvalue weighted by molar-refractivity contribution is 9.10. The third-order valence-corrected chi connectivity index (χ3v) is 4.32. The van der Waals surface area contributed by atoms with Gasteiger partial charge < -0.3 is 10.1 Å². The second-order valence-electron chi connectivity index (χ2n) is 5.56. The monoisotopic (exact) mass is 341 g/mol. The smallest absolute Gasteiger partial charge is 0.0587 e. The van der Waals surface area contributed by atoms with E-state index >= 15 is 0 Å². The van der Waals surface area contributed by atoms with Crippen LogP contribution in [0.15, 0.2) is 28.7 Å². The Hall–Kier alpha value is -0.380. The van der Waals surface area contributed by atoms with Crippen molar-refractivity contribution in [2.45, 2.75) is 33.1 Å². The summed E-state index contributed by atoms with van der Waals surface area (Å²) in [5.74, 6) is 1.43. The maximum atomic E-state index is 5.10. The summed E-state index contributed by atoms with van der Waals surface area (Å²) in [6.07, 6.45) is 3.69. The molecule has 3 heteroatoms. The minimum absolute atomic E-state index is 0.682. The first-order chi connectivity index (χ1) is 9.67. The van der Waals surface area contributed by atoms with Gasteiger partial charge in [0.2, 0.25) is 0 Å². The molecule has 1 aromatic carbocycles. The molecule has 0 saturated heterocycles. The number of halogens is 1. The Balaban J connectivity index is 2.56. The van der Waals surface area contributed by atoms with Crippen molar-refractivity contribution >= 4 is 15.9 Å². The largest absolute Gasteiger partial charge is 0.383 e. The summed E-state index contributed by atoms with van der Waals surface area (Å²) in [7, 11) is 1.75. The van der Waals surface area contributed by atoms with E-state index in [1.807, 2.05) is 0 Å². The van der Waals surface area contributed by atoms with E-state index in [1.165, 1.54) is 22.9 Å². The molecule has 20 heavy (non-hydrogen) atoms. The molecule has 0 spiro atoms. The quantitative estimate of drug-likeness (QED) is 0.641. The molecule has 0 radical (unpaired) electrons. The van der Waals surface area contributed by atoms with E-state index in [9.17, 15) is 0 Å². The molecule has 0 heterocycles. The zero-order chi connectivity index (χ0) is 14.8. The summed E-state index contributed by atoms with van der Waals surface area (Å²) in [6, 6.07) is 8.68. The molecule has 0 aliphatic heterocycles. The van der Waals surface area contributed by atoms with Gasteiger partial charge in [-0.25, -0.2) is 0 Å². The van der Waals surface area contributed by atoms with Gasteiger partial charge in [0.1, 0.15) is 0 Å². The lowest BCUT2D eigenvalue weighted by atomic mass is 9.85. The van der Waals surface area contributed by atoms with Crippen molar-refractivity contribution in [3.63, 3.8) is 0 Å². The lowest BCUT2D eigenvalue weighted by molar-refractivity contribution is 0.195. The Morgan fingerprint density at radius 3 is 2.80 bits per heavy atom. The van der Waals surface area contributed by atoms with Crippen molar-refractivity contribution in [3.05, 3.63) is 34.3 Å². The summed E-state index contributed by atoms with van der Waals surface area (Å²) in [5, 5.41) is 3.52. The minimum atomic E-state index is 0.682. The van der Waals surface area contributed by atoms with Crippen LogP contribution < -0.4 is 5.32 Å². The predicted octanol–water partition coefficient (Wildman–Crippen LogP) is 4.28. The van der Waals surface area contributed by atoms with Crippen molar-refractivity contribution in [2.24, 2.45) is 11.8 Å². The SMILES string of the molecule is CCCC(C)C(CNCCOC)Cc1cccc(Br)c1. The van der Waals surface area contributed by atoms with Gasteiger partial charge in [-0.2, -0.15) is 0 Å². The molecule has 0 amide bonds. The third kappa shape index (κ3) is 6.87. The summed E-state index contributed by atoms with van der Waals surface area (Å²) < 4.78 is 6.27. The van der Waals surface area contributed by atoms with E-state index in [2.05, 4.69) is 59.4 Å². The molecule has 0 bridgehead atoms. The van der Waals surface area contributed by atoms with Gasteiger partial charge in [0.05, 0.1) is 6.61 Å². The zero-order valence-electron chi connectivity index (χ0n) is 13.0. The predicted molar refractivity (Wildman–Crippen MR) is 90.2 cm³/mol. The van der Waals surface area contributed by atoms with Crippen LogP contribution in [0.3, 0.4) is 0 Å². The number of nitrogens with one attached hydrogen (secondary N) is 1. The van der Waals surface area contributed by atoms with E-state index in [4.69, 9.17) is 4.74 Å². The van der Waals surface area contributed by atoms with Crippen molar-refractivity contribution in [3.8, 4) is 0 Å². The number of benzene rings is 1. The van der Waals surface area contributed by atoms with Crippen molar-refractivity contribution in [1.82, 2.24) is 5.32 Å². The zero-order valence-corrected chi connectivity index (χ0v) is 14.6. The number of hydrogen-bond donors (Lipinski definition) is 1. The van der Waals surface area contributed by atoms with Gasteiger partial charge >= 0.3 is 0 Å². The molecule has 0 aliphatic rings. The van der Waals surface area contributed by atoms with Crippen LogP contribution in [0.1, 0.15) is 32.3 Å². The molecule has 2 unspecified atom stereocenters. The molecule has 0 aliphatic carbocycles. The molecule has 1 aromatic rings. The highest BCUT2D eigenvalue weighted by Gasteiger charge is 2.17. The van der Waals surface area contributed by atoms with E-state index in [0.29, 0.717) is 5.92 Å². The van der Waals surface area contributed by atoms with E-state index < -0.39 is 0 Å². The van der Waals surface area contributed by atoms with E-state index in [0.717, 1.165) is 32.0 Å². The molecule has 114 valence electrons. The van der Waals surface area contributed by atoms with Crippen molar-refractivity contribution < 1.29 is 4.74 Å². The van der Waals surface area contributed by atoms with Crippen LogP contribution in [0.4, 0.5) is 0 Å². The maximum absolute atomic E-state index is 5.10. The normalized spacial score (nSPS) is 14.2. The first-order valence-corrected chi connectivity index (χ1v) is 8.40. The second-order valence-corrected chi connectivity index (χ2v) is 6.47. The fourth-order valence-corrected chi connectivity index (χ4v) is 3.04. The molecule has 0 saturated carbocycles. The second kappa shape index (κ2) is 10.4. The van der Waals surface area contributed by atoms with Gasteiger partial charge in [-0.15, -0.1) is 0 Å². The van der Waals surface area contributed by atoms with Crippen LogP contribution >= 0.6 is 15.9 Å². The van der Waals surface area contributed by atoms with Gasteiger partial charge in [0.15, 0.2) is 0 Å². The fraction of sp³-hybridized carbons (Fsp3) is 0.647. The first-order valence-electron chi connectivity index (χ1n) is 7.61. The number of methoxy groups -OCH3 is 1. The van der Waals surface area contributed by atoms with E-state index in [-0.39, 0.29) is 0 Å². The number of ether oxygens (including phenoxy) is 1. The summed E-state index contributed by atoms with van der Waals surface area (Å²) >= 11 is 3.56. The molecule has 2 nitrogen and oxygen atoms in total. The highest BCUT2D eigenvalue weighted by Crippen LogP contribution is 2.23. The van der Waals surface area contributed by atoms with Crippen LogP contribution in [0.5, 0.6) is 0 Å². The Bertz CT molecular complexity index is 370. The Morgan fingerprint density at radius 1 is 1.35 bits per heavy atom. The molecule has 0 fully saturated rings. The van der Waals surface area contributed by atoms with E-state index in [1.54, 1.807) is 7.11 Å². The van der Waals surface area contributed by atoms with Gasteiger partial charge in [-0.1, -0.05) is 54.8 Å². The van der Waals surface area contributed by atoms with Crippen LogP contribution in [-0.2, 0) is 11.2 Å². The standard InChI is InChI=1S/C17H28BrNO/c1-4-6-14(2)16(13-19-9-10-20-3)11-15-7-5-8-17(18)12-15/h5,7-8,12,14,16,19H,4,6,9-11,13H2,1-3H3. The third-order valence-electron chi connectivity index (χ3n) is 3.83. The Labute approximate surface area is 132 Å². The van der Waals surface area contributed by atoms with Crippen molar-refractivity contribution in [1.29, 1.82) is 0 Å². The summed E-state index contributed by atoms with van der Waals surface area (Å²) in [6.45, 7) is 7.43. The average molecular weight is 342 g/mol. The minimum Gasteiger partial charge on any atom is -0.383 e. The molecular formula is C17H28BrNO. The number of rotatable bonds is 10. The molecule has 1 N–H and O–H groups in total. The van der Waals surface area contributed by atoms with Crippen LogP contribution in [-0.4, -0.2) is 26.8 Å². The van der Waals surface area contributed by atoms with Crippen LogP contribution in [0.25, 0.3) is 0 Å². The fourth-order valence-electron chi connectivity index (χ4n) is 2.59. The lowest BCUT2D eigenvalue weighted by Crippen LogP contribution is -2.31. The van der Waals surface area contributed by atoms with Gasteiger partial charge in [-0.05, 0) is 42.5 Å². The van der Waals surface area contributed by atoms with Gasteiger partial charge in [0, 0.05) is 18.1 Å². The molecule has 2 atom stereocenters. The van der Waals surface area contributed by atoms with Gasteiger partial charge in [-0.3, -0.25) is 0 Å². The molecule has 1 rings (SSSR count). The Kier molecular flexibility index (Phi) is 9.16. The molecule has 0 aromatic heterocycles. The summed E-state index contributed by atoms with van der Waals surface area (Å²) in [5.41, 5.74) is 1.42. The number of hydrogen-bond acceptors (Lipinski definition) is 2. The van der Waals surface area contributed by atoms with Gasteiger partial charge in [0.25, 0.3) is 0 Å². The maximum Gasteiger partial charge on any atom is 0.0587 e. The topological polar surface area (TPSA) is 21.3 Å². The first kappa shape index (κ1) is 17.7. The lowest BCUT2D eigenvalue weighted by Gasteiger charge is -2.24. The van der Waals surface area contributed by atoms with Crippen LogP contribution in [0.2, 0.25) is 0 Å². The van der Waals surface area contributed by atoms with Crippen molar-refractivity contribution in [2.75, 3.05) is 26.8 Å². The average Bonchev–Trinajstić information content (AvgIpc) is 2.42. The van der Waals surface area contributed by atoms with Crippen LogP contribution in [0, 0.1) is 11.8 Å². The molecular weight excluding hydrogens is 314 g/mol. The summed E-state index contributed by atoms with van der Waals surface area (Å²) in [4.78, 5) is 0. The Morgan fingerprint density at radius 2 is 2.15 bits per heavy atom. The highest BCUT2D eigenvalue weighted by atomic mass is 79.9.